The molecule has 0 rings (SSSR count). The number of esters is 4. The summed E-state index contributed by atoms with van der Waals surface area (Å²) in [5.74, 6) is 2.59. The van der Waals surface area contributed by atoms with E-state index in [-0.39, 0.29) is 48.5 Å². The van der Waals surface area contributed by atoms with Crippen molar-refractivity contribution in [1.82, 2.24) is 20.4 Å². The number of hydrogen-bond acceptors (Lipinski definition) is 12. The molecule has 0 aliphatic heterocycles. The van der Waals surface area contributed by atoms with Crippen LogP contribution in [0.3, 0.4) is 0 Å². The van der Waals surface area contributed by atoms with Gasteiger partial charge in [-0.2, -0.15) is 0 Å². The maximum atomic E-state index is 13.3. The lowest BCUT2D eigenvalue weighted by Gasteiger charge is -2.24. The van der Waals surface area contributed by atoms with Crippen LogP contribution in [-0.2, 0) is 47.7 Å². The third-order valence-electron chi connectivity index (χ3n) is 24.0. The van der Waals surface area contributed by atoms with Gasteiger partial charge in [-0.3, -0.25) is 28.8 Å². The summed E-state index contributed by atoms with van der Waals surface area (Å²) in [5.41, 5.74) is -0.500. The number of nitrogens with zero attached hydrogens (tertiary/aromatic N) is 2. The van der Waals surface area contributed by atoms with Crippen LogP contribution in [0.15, 0.2) is 0 Å². The van der Waals surface area contributed by atoms with Gasteiger partial charge in [0.25, 0.3) is 0 Å². The van der Waals surface area contributed by atoms with E-state index >= 15 is 0 Å². The Bertz CT molecular complexity index is 1990. The standard InChI is InChI=1S/C98H190N4O10/c1-11-19-38-58-88(59-39-20-12-2)66-54-84-109-94(105)70-46-30-27-34-50-78-101(79-51-35-28-31-47-71-95(106)110-85-55-67-89(60-40-21-13-3)61-41-22-14-4)82-76-99-92(103)73-74-93(104)100-77-83-102(80-52-36-29-32-48-72-96(107)111-86-56-68-90(62-42-23-15-5)63-43-24-16-6)81-53-37-33-49-75-98(9,10)97(108)112-87-57-69-91(64-44-25-17-7)65-45-26-18-8/h88-91H,11-87H2,1-10H3,(H,99,103)(H,100,104). The Morgan fingerprint density at radius 1 is 0.250 bits per heavy atom. The number of ether oxygens (including phenoxy) is 4. The molecule has 0 saturated heterocycles. The highest BCUT2D eigenvalue weighted by molar-refractivity contribution is 5.83. The Morgan fingerprint density at radius 3 is 0.732 bits per heavy atom. The highest BCUT2D eigenvalue weighted by Gasteiger charge is 2.29. The molecule has 2 amide bonds. The third kappa shape index (κ3) is 73.1. The van der Waals surface area contributed by atoms with E-state index in [2.05, 4.69) is 75.8 Å². The molecule has 2 N–H and O–H groups in total. The first-order valence-electron chi connectivity index (χ1n) is 49.2. The van der Waals surface area contributed by atoms with Crippen LogP contribution in [-0.4, -0.2) is 124 Å². The van der Waals surface area contributed by atoms with Crippen molar-refractivity contribution < 1.29 is 47.7 Å². The quantitative estimate of drug-likeness (QED) is 0.0336. The van der Waals surface area contributed by atoms with E-state index in [9.17, 15) is 28.8 Å². The summed E-state index contributed by atoms with van der Waals surface area (Å²) in [6.45, 7) is 30.8. The van der Waals surface area contributed by atoms with Gasteiger partial charge in [-0.25, -0.2) is 0 Å². The molecule has 0 radical (unpaired) electrons. The third-order valence-corrected chi connectivity index (χ3v) is 24.0. The Hall–Kier alpha value is -3.26. The molecule has 0 aliphatic rings. The molecule has 0 bridgehead atoms. The fourth-order valence-electron chi connectivity index (χ4n) is 16.4. The molecule has 0 saturated carbocycles. The minimum absolute atomic E-state index is 0.0539. The van der Waals surface area contributed by atoms with Crippen molar-refractivity contribution in [2.75, 3.05) is 78.8 Å². The maximum absolute atomic E-state index is 13.3. The second-order valence-corrected chi connectivity index (χ2v) is 35.3. The number of hydrogen-bond donors (Lipinski definition) is 2. The van der Waals surface area contributed by atoms with Crippen molar-refractivity contribution in [3.05, 3.63) is 0 Å². The number of amides is 2. The van der Waals surface area contributed by atoms with E-state index in [1.165, 1.54) is 205 Å². The van der Waals surface area contributed by atoms with Crippen LogP contribution < -0.4 is 10.6 Å². The summed E-state index contributed by atoms with van der Waals surface area (Å²) < 4.78 is 23.0. The van der Waals surface area contributed by atoms with E-state index in [1.807, 2.05) is 13.8 Å². The van der Waals surface area contributed by atoms with Gasteiger partial charge in [0.15, 0.2) is 0 Å². The molecule has 0 aromatic heterocycles. The molecular weight excluding hydrogens is 1390 g/mol. The molecule has 0 unspecified atom stereocenters. The van der Waals surface area contributed by atoms with Crippen LogP contribution in [0.5, 0.6) is 0 Å². The van der Waals surface area contributed by atoms with Gasteiger partial charge < -0.3 is 39.4 Å². The van der Waals surface area contributed by atoms with Crippen LogP contribution in [0.2, 0.25) is 0 Å². The summed E-state index contributed by atoms with van der Waals surface area (Å²) in [5, 5.41) is 6.28. The van der Waals surface area contributed by atoms with Crippen molar-refractivity contribution in [3.63, 3.8) is 0 Å². The molecule has 0 aliphatic carbocycles. The zero-order valence-corrected chi connectivity index (χ0v) is 76.2. The average molecular weight is 1580 g/mol. The van der Waals surface area contributed by atoms with E-state index in [0.717, 1.165) is 243 Å². The van der Waals surface area contributed by atoms with Crippen LogP contribution in [0.25, 0.3) is 0 Å². The molecule has 0 aromatic rings. The predicted octanol–water partition coefficient (Wildman–Crippen LogP) is 27.0. The first kappa shape index (κ1) is 109. The maximum Gasteiger partial charge on any atom is 0.311 e. The average Bonchev–Trinajstić information content (AvgIpc) is 0.885. The normalized spacial score (nSPS) is 11.9. The topological polar surface area (TPSA) is 170 Å². The highest BCUT2D eigenvalue weighted by Crippen LogP contribution is 2.29. The largest absolute Gasteiger partial charge is 0.466 e. The van der Waals surface area contributed by atoms with Crippen molar-refractivity contribution in [2.45, 2.75) is 487 Å². The number of rotatable bonds is 89. The Balaban J connectivity index is 5.45. The van der Waals surface area contributed by atoms with Crippen LogP contribution >= 0.6 is 0 Å². The lowest BCUT2D eigenvalue weighted by atomic mass is 9.87. The number of carbonyl (C=O) groups is 6. The van der Waals surface area contributed by atoms with Gasteiger partial charge in [-0.1, -0.05) is 338 Å². The molecule has 112 heavy (non-hydrogen) atoms. The zero-order valence-electron chi connectivity index (χ0n) is 76.2. The molecule has 662 valence electrons. The summed E-state index contributed by atoms with van der Waals surface area (Å²) in [6.07, 6.45) is 72.0. The molecule has 0 heterocycles. The second-order valence-electron chi connectivity index (χ2n) is 35.3. The van der Waals surface area contributed by atoms with E-state index in [1.54, 1.807) is 0 Å². The van der Waals surface area contributed by atoms with Gasteiger partial charge in [0.1, 0.15) is 0 Å². The van der Waals surface area contributed by atoms with Crippen molar-refractivity contribution in [3.8, 4) is 0 Å². The SMILES string of the molecule is CCCCCC(CCCCC)CCCOC(=O)CCCCCCCN(CCCCCCCC(=O)OCCCC(CCCCC)CCCCC)CCNC(=O)CCC(=O)NCCN(CCCCCCCC(=O)OCCCC(CCCCC)CCCCC)CCCCCCC(C)(C)C(=O)OCCCC(CCCCC)CCCCC. The van der Waals surface area contributed by atoms with E-state index < -0.39 is 5.41 Å². The van der Waals surface area contributed by atoms with Gasteiger partial charge in [0.05, 0.1) is 31.8 Å². The molecule has 14 heteroatoms. The zero-order chi connectivity index (χ0) is 82.1. The van der Waals surface area contributed by atoms with Gasteiger partial charge in [0.2, 0.25) is 11.8 Å². The highest BCUT2D eigenvalue weighted by atomic mass is 16.5. The van der Waals surface area contributed by atoms with Gasteiger partial charge in [0, 0.05) is 58.3 Å². The fourth-order valence-corrected chi connectivity index (χ4v) is 16.4. The first-order valence-corrected chi connectivity index (χ1v) is 49.2. The molecule has 0 atom stereocenters. The van der Waals surface area contributed by atoms with Gasteiger partial charge in [-0.05, 0) is 166 Å². The van der Waals surface area contributed by atoms with E-state index in [0.29, 0.717) is 58.8 Å². The molecule has 0 aromatic carbocycles. The van der Waals surface area contributed by atoms with Gasteiger partial charge >= 0.3 is 23.9 Å². The summed E-state index contributed by atoms with van der Waals surface area (Å²) in [6, 6.07) is 0. The molecular formula is C98H190N4O10. The second kappa shape index (κ2) is 82.8. The molecule has 0 fully saturated rings. The lowest BCUT2D eigenvalue weighted by Crippen LogP contribution is -2.37. The Morgan fingerprint density at radius 2 is 0.473 bits per heavy atom. The minimum atomic E-state index is -0.500. The molecule has 14 nitrogen and oxygen atoms in total. The Kier molecular flexibility index (Phi) is 80.4. The summed E-state index contributed by atoms with van der Waals surface area (Å²) in [4.78, 5) is 82.9. The van der Waals surface area contributed by atoms with Gasteiger partial charge in [-0.15, -0.1) is 0 Å². The van der Waals surface area contributed by atoms with Crippen LogP contribution in [0.4, 0.5) is 0 Å². The van der Waals surface area contributed by atoms with Crippen molar-refractivity contribution in [2.24, 2.45) is 29.1 Å². The van der Waals surface area contributed by atoms with Crippen LogP contribution in [0, 0.1) is 29.1 Å². The summed E-state index contributed by atoms with van der Waals surface area (Å²) >= 11 is 0. The lowest BCUT2D eigenvalue weighted by molar-refractivity contribution is -0.154. The monoisotopic (exact) mass is 1580 g/mol. The minimum Gasteiger partial charge on any atom is -0.466 e. The van der Waals surface area contributed by atoms with Crippen LogP contribution in [0.1, 0.15) is 487 Å². The number of nitrogens with one attached hydrogen (secondary N) is 2. The number of carbonyl (C=O) groups excluding carboxylic acids is 6. The van der Waals surface area contributed by atoms with E-state index in [4.69, 9.17) is 18.9 Å². The fraction of sp³-hybridized carbons (Fsp3) is 0.939. The molecule has 0 spiro atoms. The number of unbranched alkanes of at least 4 members (excludes halogenated alkanes) is 31. The first-order chi connectivity index (χ1) is 54.6. The van der Waals surface area contributed by atoms with Crippen molar-refractivity contribution in [1.29, 1.82) is 0 Å². The predicted molar refractivity (Wildman–Crippen MR) is 476 cm³/mol. The van der Waals surface area contributed by atoms with Crippen molar-refractivity contribution >= 4 is 35.7 Å². The Labute approximate surface area is 694 Å². The summed E-state index contributed by atoms with van der Waals surface area (Å²) in [7, 11) is 0. The smallest absolute Gasteiger partial charge is 0.311 e.